The normalized spacial score (nSPS) is 18.3. The van der Waals surface area contributed by atoms with Gasteiger partial charge in [-0.2, -0.15) is 0 Å². The first kappa shape index (κ1) is 12.8. The zero-order chi connectivity index (χ0) is 13.1. The van der Waals surface area contributed by atoms with Crippen LogP contribution in [-0.4, -0.2) is 4.21 Å². The summed E-state index contributed by atoms with van der Waals surface area (Å²) in [4.78, 5) is 3.89. The van der Waals surface area contributed by atoms with Gasteiger partial charge in [-0.25, -0.2) is 0 Å². The quantitative estimate of drug-likeness (QED) is 0.773. The molecule has 3 heterocycles. The minimum Gasteiger partial charge on any atom is -0.250 e. The van der Waals surface area contributed by atoms with E-state index in [9.17, 15) is 4.21 Å². The van der Waals surface area contributed by atoms with Crippen LogP contribution in [0.15, 0.2) is 58.2 Å². The van der Waals surface area contributed by atoms with Gasteiger partial charge in [0.1, 0.15) is 0 Å². The van der Waals surface area contributed by atoms with Crippen molar-refractivity contribution in [1.29, 1.82) is 0 Å². The monoisotopic (exact) mass is 304 g/mol. The van der Waals surface area contributed by atoms with Crippen LogP contribution in [0.5, 0.6) is 0 Å². The highest BCUT2D eigenvalue weighted by Crippen LogP contribution is 2.32. The first-order valence-corrected chi connectivity index (χ1v) is 8.87. The van der Waals surface area contributed by atoms with Gasteiger partial charge in [-0.3, -0.25) is 4.21 Å². The van der Waals surface area contributed by atoms with E-state index >= 15 is 0 Å². The molecular weight excluding hydrogens is 292 g/mol. The predicted octanol–water partition coefficient (Wildman–Crippen LogP) is 5.04. The van der Waals surface area contributed by atoms with Crippen LogP contribution < -0.4 is 0 Å². The van der Waals surface area contributed by atoms with E-state index < -0.39 is 10.8 Å². The van der Waals surface area contributed by atoms with Crippen LogP contribution in [0.1, 0.15) is 11.3 Å². The van der Waals surface area contributed by atoms with Crippen molar-refractivity contribution in [3.63, 3.8) is 0 Å². The fourth-order valence-corrected chi connectivity index (χ4v) is 4.44. The SMILES string of the molecule is O=S1C=CC(C/C=C/c2ccc(-c3cccs3)s2)=C1. The fraction of sp³-hybridized carbons (Fsp3) is 0.0667. The smallest absolute Gasteiger partial charge is 0.0705 e. The number of hydrogen-bond acceptors (Lipinski definition) is 3. The van der Waals surface area contributed by atoms with Crippen molar-refractivity contribution >= 4 is 39.5 Å². The number of allylic oxidation sites excluding steroid dienone is 3. The summed E-state index contributed by atoms with van der Waals surface area (Å²) in [6.45, 7) is 0. The van der Waals surface area contributed by atoms with Gasteiger partial charge in [0.25, 0.3) is 0 Å². The van der Waals surface area contributed by atoms with Gasteiger partial charge in [-0.15, -0.1) is 22.7 Å². The zero-order valence-corrected chi connectivity index (χ0v) is 12.6. The molecule has 19 heavy (non-hydrogen) atoms. The molecular formula is C15H12OS3. The average molecular weight is 304 g/mol. The Morgan fingerprint density at radius 3 is 2.89 bits per heavy atom. The molecule has 1 aliphatic heterocycles. The van der Waals surface area contributed by atoms with Crippen LogP contribution >= 0.6 is 22.7 Å². The zero-order valence-electron chi connectivity index (χ0n) is 10.1. The van der Waals surface area contributed by atoms with E-state index in [1.54, 1.807) is 33.5 Å². The first-order valence-electron chi connectivity index (χ1n) is 5.90. The maximum Gasteiger partial charge on any atom is 0.0705 e. The van der Waals surface area contributed by atoms with Crippen LogP contribution in [0, 0.1) is 0 Å². The predicted molar refractivity (Wildman–Crippen MR) is 86.6 cm³/mol. The van der Waals surface area contributed by atoms with Crippen LogP contribution in [0.3, 0.4) is 0 Å². The summed E-state index contributed by atoms with van der Waals surface area (Å²) in [7, 11) is -0.890. The third kappa shape index (κ3) is 3.21. The number of thiophene rings is 2. The van der Waals surface area contributed by atoms with Gasteiger partial charge in [0, 0.05) is 25.4 Å². The molecule has 0 saturated heterocycles. The second-order valence-corrected chi connectivity index (χ2v) is 7.34. The molecule has 3 rings (SSSR count). The van der Waals surface area contributed by atoms with E-state index in [2.05, 4.69) is 41.8 Å². The van der Waals surface area contributed by atoms with Gasteiger partial charge < -0.3 is 0 Å². The lowest BCUT2D eigenvalue weighted by molar-refractivity contribution is 0.693. The maximum atomic E-state index is 11.1. The molecule has 0 aromatic carbocycles. The average Bonchev–Trinajstić information content (AvgIpc) is 3.09. The summed E-state index contributed by atoms with van der Waals surface area (Å²) in [5, 5.41) is 5.63. The highest BCUT2D eigenvalue weighted by Gasteiger charge is 2.03. The van der Waals surface area contributed by atoms with Crippen molar-refractivity contribution in [3.8, 4) is 9.75 Å². The summed E-state index contributed by atoms with van der Waals surface area (Å²) in [6.07, 6.45) is 7.04. The second-order valence-electron chi connectivity index (χ2n) is 4.11. The van der Waals surface area contributed by atoms with Crippen molar-refractivity contribution in [3.05, 3.63) is 63.1 Å². The Hall–Kier alpha value is -1.23. The molecule has 0 radical (unpaired) electrons. The molecule has 2 aromatic rings. The Balaban J connectivity index is 1.66. The van der Waals surface area contributed by atoms with E-state index in [0.29, 0.717) is 0 Å². The van der Waals surface area contributed by atoms with Crippen LogP contribution in [-0.2, 0) is 10.8 Å². The van der Waals surface area contributed by atoms with E-state index in [1.165, 1.54) is 14.6 Å². The molecule has 0 spiro atoms. The molecule has 1 unspecified atom stereocenters. The third-order valence-electron chi connectivity index (χ3n) is 2.71. The lowest BCUT2D eigenvalue weighted by Crippen LogP contribution is -1.71. The number of hydrogen-bond donors (Lipinski definition) is 0. The molecule has 0 aliphatic carbocycles. The number of rotatable bonds is 4. The second kappa shape index (κ2) is 5.82. The molecule has 0 bridgehead atoms. The lowest BCUT2D eigenvalue weighted by Gasteiger charge is -1.90. The van der Waals surface area contributed by atoms with Crippen molar-refractivity contribution in [1.82, 2.24) is 0 Å². The molecule has 0 saturated carbocycles. The summed E-state index contributed by atoms with van der Waals surface area (Å²) in [5.74, 6) is 0. The minimum atomic E-state index is -0.890. The van der Waals surface area contributed by atoms with Crippen LogP contribution in [0.25, 0.3) is 15.8 Å². The fourth-order valence-electron chi connectivity index (χ4n) is 1.80. The van der Waals surface area contributed by atoms with Crippen molar-refractivity contribution in [2.75, 3.05) is 0 Å². The van der Waals surface area contributed by atoms with Crippen LogP contribution in [0.2, 0.25) is 0 Å². The topological polar surface area (TPSA) is 17.1 Å². The van der Waals surface area contributed by atoms with Crippen molar-refractivity contribution in [2.45, 2.75) is 6.42 Å². The Morgan fingerprint density at radius 1 is 1.21 bits per heavy atom. The summed E-state index contributed by atoms with van der Waals surface area (Å²) in [5.41, 5.74) is 1.13. The van der Waals surface area contributed by atoms with Gasteiger partial charge in [0.15, 0.2) is 0 Å². The maximum absolute atomic E-state index is 11.1. The molecule has 0 N–H and O–H groups in total. The summed E-state index contributed by atoms with van der Waals surface area (Å²) in [6, 6.07) is 8.54. The molecule has 96 valence electrons. The third-order valence-corrected chi connectivity index (χ3v) is 5.77. The molecule has 4 heteroatoms. The Kier molecular flexibility index (Phi) is 3.92. The van der Waals surface area contributed by atoms with Gasteiger partial charge >= 0.3 is 0 Å². The standard InChI is InChI=1S/C15H12OS3/c16-19-10-8-12(11-19)3-1-4-13-6-7-15(18-13)14-5-2-9-17-14/h1-2,4-11H,3H2/b4-1+. The molecule has 0 amide bonds. The highest BCUT2D eigenvalue weighted by molar-refractivity contribution is 7.91. The summed E-state index contributed by atoms with van der Waals surface area (Å²) >= 11 is 3.57. The molecule has 0 fully saturated rings. The van der Waals surface area contributed by atoms with E-state index in [0.717, 1.165) is 12.0 Å². The first-order chi connectivity index (χ1) is 9.31. The molecule has 2 aromatic heterocycles. The van der Waals surface area contributed by atoms with Gasteiger partial charge in [0.05, 0.1) is 10.8 Å². The largest absolute Gasteiger partial charge is 0.250 e. The molecule has 1 atom stereocenters. The lowest BCUT2D eigenvalue weighted by atomic mass is 10.2. The van der Waals surface area contributed by atoms with E-state index in [4.69, 9.17) is 0 Å². The van der Waals surface area contributed by atoms with Gasteiger partial charge in [0.2, 0.25) is 0 Å². The van der Waals surface area contributed by atoms with Crippen LogP contribution in [0.4, 0.5) is 0 Å². The Bertz CT molecular complexity index is 672. The van der Waals surface area contributed by atoms with E-state index in [-0.39, 0.29) is 0 Å². The Labute approximate surface area is 123 Å². The van der Waals surface area contributed by atoms with Gasteiger partial charge in [-0.05, 0) is 47.7 Å². The highest BCUT2D eigenvalue weighted by atomic mass is 32.2. The summed E-state index contributed by atoms with van der Waals surface area (Å²) < 4.78 is 11.1. The molecule has 1 aliphatic rings. The minimum absolute atomic E-state index is 0.842. The van der Waals surface area contributed by atoms with E-state index in [1.807, 2.05) is 6.08 Å². The van der Waals surface area contributed by atoms with Crippen molar-refractivity contribution < 1.29 is 4.21 Å². The Morgan fingerprint density at radius 2 is 2.16 bits per heavy atom. The molecule has 1 nitrogen and oxygen atoms in total. The van der Waals surface area contributed by atoms with Crippen molar-refractivity contribution in [2.24, 2.45) is 0 Å². The van der Waals surface area contributed by atoms with Gasteiger partial charge in [-0.1, -0.05) is 12.1 Å².